The van der Waals surface area contributed by atoms with Crippen molar-refractivity contribution < 1.29 is 19.2 Å². The minimum Gasteiger partial charge on any atom is -0.303 e. The number of hydrogen-bond acceptors (Lipinski definition) is 4. The average molecular weight is 320 g/mol. The molecule has 0 aliphatic rings. The summed E-state index contributed by atoms with van der Waals surface area (Å²) < 4.78 is 0. The second-order valence-corrected chi connectivity index (χ2v) is 5.85. The second-order valence-electron chi connectivity index (χ2n) is 5.85. The van der Waals surface area contributed by atoms with E-state index in [4.69, 9.17) is 0 Å². The molecule has 0 aromatic rings. The molecule has 0 saturated heterocycles. The van der Waals surface area contributed by atoms with E-state index in [-0.39, 0.29) is 29.5 Å². The van der Waals surface area contributed by atoms with E-state index in [0.29, 0.717) is 37.5 Å². The molecule has 23 heavy (non-hydrogen) atoms. The fourth-order valence-electron chi connectivity index (χ4n) is 2.50. The van der Waals surface area contributed by atoms with Crippen LogP contribution >= 0.6 is 0 Å². The Morgan fingerprint density at radius 1 is 1.09 bits per heavy atom. The smallest absolute Gasteiger partial charge is 0.166 e. The van der Waals surface area contributed by atoms with Crippen LogP contribution in [-0.4, -0.2) is 24.1 Å². The molecule has 0 rings (SSSR count). The third-order valence-corrected chi connectivity index (χ3v) is 3.58. The Balaban J connectivity index is 5.25. The summed E-state index contributed by atoms with van der Waals surface area (Å²) in [5.41, 5.74) is 0.624. The first-order chi connectivity index (χ1) is 11.0. The average Bonchev–Trinajstić information content (AvgIpc) is 2.46. The van der Waals surface area contributed by atoms with Crippen molar-refractivity contribution in [2.75, 3.05) is 0 Å². The van der Waals surface area contributed by atoms with E-state index in [1.165, 1.54) is 6.92 Å². The maximum Gasteiger partial charge on any atom is 0.166 e. The summed E-state index contributed by atoms with van der Waals surface area (Å²) in [6.07, 6.45) is 9.21. The molecule has 0 aliphatic heterocycles. The summed E-state index contributed by atoms with van der Waals surface area (Å²) in [5, 5.41) is 0. The van der Waals surface area contributed by atoms with Crippen LogP contribution in [0.3, 0.4) is 0 Å². The van der Waals surface area contributed by atoms with E-state index in [2.05, 4.69) is 6.92 Å². The molecule has 0 bridgehead atoms. The largest absolute Gasteiger partial charge is 0.303 e. The molecule has 0 aliphatic carbocycles. The molecule has 0 heterocycles. The van der Waals surface area contributed by atoms with Gasteiger partial charge in [0.2, 0.25) is 0 Å². The SMILES string of the molecule is CCCC(C)CC(=O)C(C(C)=O)=C(C=CCCCC=O)CC=O. The molecule has 0 N–H and O–H groups in total. The molecule has 0 saturated carbocycles. The number of allylic oxidation sites excluding steroid dienone is 4. The molecule has 1 unspecified atom stereocenters. The van der Waals surface area contributed by atoms with Crippen LogP contribution in [0, 0.1) is 5.92 Å². The summed E-state index contributed by atoms with van der Waals surface area (Å²) in [4.78, 5) is 45.5. The summed E-state index contributed by atoms with van der Waals surface area (Å²) in [7, 11) is 0. The number of aldehydes is 2. The van der Waals surface area contributed by atoms with Gasteiger partial charge in [-0.25, -0.2) is 0 Å². The molecular weight excluding hydrogens is 292 g/mol. The third-order valence-electron chi connectivity index (χ3n) is 3.58. The van der Waals surface area contributed by atoms with Gasteiger partial charge in [-0.05, 0) is 31.3 Å². The van der Waals surface area contributed by atoms with Crippen molar-refractivity contribution in [1.29, 1.82) is 0 Å². The summed E-state index contributed by atoms with van der Waals surface area (Å²) in [6, 6.07) is 0. The number of carbonyl (C=O) groups is 4. The zero-order valence-electron chi connectivity index (χ0n) is 14.5. The minimum absolute atomic E-state index is 0.0486. The summed E-state index contributed by atoms with van der Waals surface area (Å²) >= 11 is 0. The topological polar surface area (TPSA) is 68.3 Å². The monoisotopic (exact) mass is 320 g/mol. The Morgan fingerprint density at radius 2 is 1.78 bits per heavy atom. The highest BCUT2D eigenvalue weighted by atomic mass is 16.1. The van der Waals surface area contributed by atoms with Gasteiger partial charge >= 0.3 is 0 Å². The van der Waals surface area contributed by atoms with Gasteiger partial charge in [0.25, 0.3) is 0 Å². The van der Waals surface area contributed by atoms with Crippen molar-refractivity contribution in [3.63, 3.8) is 0 Å². The first kappa shape index (κ1) is 21.2. The Kier molecular flexibility index (Phi) is 11.7. The standard InChI is InChI=1S/C19H28O4/c1-4-9-15(2)14-18(23)19(16(3)22)17(11-13-21)10-7-5-6-8-12-20/h7,10,12-13,15H,4-6,8-9,11,14H2,1-3H3. The maximum atomic E-state index is 12.4. The molecular formula is C19H28O4. The number of rotatable bonds is 13. The Hall–Kier alpha value is -1.84. The first-order valence-corrected chi connectivity index (χ1v) is 8.28. The van der Waals surface area contributed by atoms with Gasteiger partial charge in [0, 0.05) is 19.3 Å². The normalized spacial score (nSPS) is 13.5. The highest BCUT2D eigenvalue weighted by Gasteiger charge is 2.20. The molecule has 4 heteroatoms. The van der Waals surface area contributed by atoms with Crippen molar-refractivity contribution in [3.8, 4) is 0 Å². The van der Waals surface area contributed by atoms with E-state index in [0.717, 1.165) is 19.1 Å². The first-order valence-electron chi connectivity index (χ1n) is 8.28. The van der Waals surface area contributed by atoms with Crippen LogP contribution < -0.4 is 0 Å². The Labute approximate surface area is 139 Å². The lowest BCUT2D eigenvalue weighted by Crippen LogP contribution is -2.16. The summed E-state index contributed by atoms with van der Waals surface area (Å²) in [6.45, 7) is 5.42. The maximum absolute atomic E-state index is 12.4. The predicted molar refractivity (Wildman–Crippen MR) is 91.1 cm³/mol. The Morgan fingerprint density at radius 3 is 2.30 bits per heavy atom. The quantitative estimate of drug-likeness (QED) is 0.129. The number of ketones is 2. The number of hydrogen-bond donors (Lipinski definition) is 0. The van der Waals surface area contributed by atoms with Gasteiger partial charge in [0.1, 0.15) is 12.6 Å². The number of carbonyl (C=O) groups excluding carboxylic acids is 4. The molecule has 0 radical (unpaired) electrons. The molecule has 0 spiro atoms. The number of Topliss-reactive ketones (excluding diaryl/α,β-unsaturated/α-hetero) is 2. The molecule has 1 atom stereocenters. The molecule has 0 fully saturated rings. The highest BCUT2D eigenvalue weighted by Crippen LogP contribution is 2.19. The van der Waals surface area contributed by atoms with Crippen molar-refractivity contribution in [2.45, 2.75) is 65.7 Å². The van der Waals surface area contributed by atoms with Gasteiger partial charge in [-0.15, -0.1) is 0 Å². The van der Waals surface area contributed by atoms with Gasteiger partial charge in [0.15, 0.2) is 11.6 Å². The van der Waals surface area contributed by atoms with Crippen molar-refractivity contribution in [3.05, 3.63) is 23.3 Å². The van der Waals surface area contributed by atoms with E-state index in [9.17, 15) is 19.2 Å². The van der Waals surface area contributed by atoms with E-state index in [1.807, 2.05) is 13.0 Å². The van der Waals surface area contributed by atoms with Gasteiger partial charge in [-0.3, -0.25) is 9.59 Å². The Bertz CT molecular complexity index is 472. The zero-order valence-corrected chi connectivity index (χ0v) is 14.5. The zero-order chi connectivity index (χ0) is 17.7. The van der Waals surface area contributed by atoms with Crippen LogP contribution in [-0.2, 0) is 19.2 Å². The summed E-state index contributed by atoms with van der Waals surface area (Å²) in [5.74, 6) is -0.267. The predicted octanol–water partition coefficient (Wildman–Crippen LogP) is 3.78. The lowest BCUT2D eigenvalue weighted by molar-refractivity contribution is -0.121. The van der Waals surface area contributed by atoms with Crippen molar-refractivity contribution in [2.24, 2.45) is 5.92 Å². The van der Waals surface area contributed by atoms with Crippen LogP contribution in [0.5, 0.6) is 0 Å². The van der Waals surface area contributed by atoms with E-state index >= 15 is 0 Å². The van der Waals surface area contributed by atoms with Crippen LogP contribution in [0.1, 0.15) is 65.7 Å². The minimum atomic E-state index is -0.298. The van der Waals surface area contributed by atoms with Gasteiger partial charge in [-0.1, -0.05) is 38.8 Å². The molecule has 128 valence electrons. The van der Waals surface area contributed by atoms with Crippen LogP contribution in [0.2, 0.25) is 0 Å². The van der Waals surface area contributed by atoms with Crippen LogP contribution in [0.15, 0.2) is 23.3 Å². The third kappa shape index (κ3) is 9.01. The van der Waals surface area contributed by atoms with Crippen molar-refractivity contribution >= 4 is 24.1 Å². The second kappa shape index (κ2) is 12.7. The molecule has 0 amide bonds. The molecule has 4 nitrogen and oxygen atoms in total. The van der Waals surface area contributed by atoms with Gasteiger partial charge < -0.3 is 9.59 Å². The molecule has 0 aromatic carbocycles. The lowest BCUT2D eigenvalue weighted by atomic mass is 9.90. The van der Waals surface area contributed by atoms with E-state index < -0.39 is 0 Å². The van der Waals surface area contributed by atoms with E-state index in [1.54, 1.807) is 6.08 Å². The van der Waals surface area contributed by atoms with Crippen LogP contribution in [0.25, 0.3) is 0 Å². The molecule has 0 aromatic heterocycles. The fraction of sp³-hybridized carbons (Fsp3) is 0.579. The van der Waals surface area contributed by atoms with Gasteiger partial charge in [0.05, 0.1) is 5.57 Å². The lowest BCUT2D eigenvalue weighted by Gasteiger charge is -2.12. The highest BCUT2D eigenvalue weighted by molar-refractivity contribution is 6.20. The van der Waals surface area contributed by atoms with Gasteiger partial charge in [-0.2, -0.15) is 0 Å². The van der Waals surface area contributed by atoms with Crippen LogP contribution in [0.4, 0.5) is 0 Å². The fourth-order valence-corrected chi connectivity index (χ4v) is 2.50. The van der Waals surface area contributed by atoms with Crippen molar-refractivity contribution in [1.82, 2.24) is 0 Å². The number of unbranched alkanes of at least 4 members (excludes halogenated alkanes) is 2.